The van der Waals surface area contributed by atoms with Crippen LogP contribution < -0.4 is 15.6 Å². The number of carbonyl (C=O) groups excluding carboxylic acids is 2. The van der Waals surface area contributed by atoms with Crippen LogP contribution in [0.1, 0.15) is 19.5 Å². The largest absolute Gasteiger partial charge is 0.478 e. The molecule has 0 saturated carbocycles. The molecule has 2 aliphatic rings. The summed E-state index contributed by atoms with van der Waals surface area (Å²) in [6.07, 6.45) is 7.24. The number of anilines is 1. The van der Waals surface area contributed by atoms with Crippen LogP contribution in [0.25, 0.3) is 0 Å². The van der Waals surface area contributed by atoms with Crippen LogP contribution in [0.2, 0.25) is 0 Å². The smallest absolute Gasteiger partial charge is 0.352 e. The highest BCUT2D eigenvalue weighted by molar-refractivity contribution is 8.00. The molecule has 204 valence electrons. The van der Waals surface area contributed by atoms with Crippen LogP contribution in [-0.4, -0.2) is 72.3 Å². The van der Waals surface area contributed by atoms with Gasteiger partial charge in [-0.25, -0.2) is 19.1 Å². The molecule has 0 radical (unpaired) electrons. The number of nitrogens with two attached hydrogens (primary N) is 1. The number of oxime groups is 1. The lowest BCUT2D eigenvalue weighted by molar-refractivity contribution is -0.687. The van der Waals surface area contributed by atoms with Gasteiger partial charge >= 0.3 is 11.9 Å². The van der Waals surface area contributed by atoms with Gasteiger partial charge in [0, 0.05) is 23.3 Å². The third kappa shape index (κ3) is 5.93. The number of pyridine rings is 1. The average molecular weight is 574 g/mol. The monoisotopic (exact) mass is 573 g/mol. The van der Waals surface area contributed by atoms with Gasteiger partial charge in [-0.05, 0) is 25.5 Å². The van der Waals surface area contributed by atoms with Gasteiger partial charge in [0.25, 0.3) is 11.8 Å². The molecule has 13 nitrogen and oxygen atoms in total. The molecule has 0 spiro atoms. The van der Waals surface area contributed by atoms with Crippen molar-refractivity contribution < 1.29 is 38.8 Å². The highest BCUT2D eigenvalue weighted by Crippen LogP contribution is 2.40. The van der Waals surface area contributed by atoms with Crippen molar-refractivity contribution in [1.29, 1.82) is 0 Å². The minimum Gasteiger partial charge on any atom is -0.478 e. The Labute approximate surface area is 230 Å². The molecule has 1 saturated heterocycles. The fourth-order valence-electron chi connectivity index (χ4n) is 3.65. The van der Waals surface area contributed by atoms with Crippen molar-refractivity contribution in [2.24, 2.45) is 5.16 Å². The summed E-state index contributed by atoms with van der Waals surface area (Å²) in [5.74, 6) is -3.73. The lowest BCUT2D eigenvalue weighted by Crippen LogP contribution is -2.71. The van der Waals surface area contributed by atoms with Crippen LogP contribution in [0.3, 0.4) is 0 Å². The van der Waals surface area contributed by atoms with Crippen LogP contribution >= 0.6 is 23.1 Å². The second-order valence-electron chi connectivity index (χ2n) is 8.93. The van der Waals surface area contributed by atoms with E-state index in [9.17, 15) is 29.4 Å². The van der Waals surface area contributed by atoms with Crippen molar-refractivity contribution in [2.45, 2.75) is 37.4 Å². The van der Waals surface area contributed by atoms with E-state index < -0.39 is 40.8 Å². The first kappa shape index (κ1) is 27.8. The van der Waals surface area contributed by atoms with Crippen molar-refractivity contribution in [3.8, 4) is 0 Å². The zero-order valence-electron chi connectivity index (χ0n) is 20.8. The zero-order chi connectivity index (χ0) is 28.3. The maximum atomic E-state index is 13.2. The minimum atomic E-state index is -1.75. The zero-order valence-corrected chi connectivity index (χ0v) is 22.4. The molecule has 1 fully saturated rings. The number of thiazole rings is 1. The molecule has 0 bridgehead atoms. The van der Waals surface area contributed by atoms with Gasteiger partial charge in [-0.3, -0.25) is 14.5 Å². The number of β-lactam (4-membered cyclic amide) rings is 1. The van der Waals surface area contributed by atoms with Crippen molar-refractivity contribution in [3.63, 3.8) is 0 Å². The highest BCUT2D eigenvalue weighted by Gasteiger charge is 2.54. The van der Waals surface area contributed by atoms with Gasteiger partial charge < -0.3 is 26.1 Å². The van der Waals surface area contributed by atoms with E-state index in [2.05, 4.69) is 15.5 Å². The summed E-state index contributed by atoms with van der Waals surface area (Å²) < 4.78 is 1.91. The number of carboxylic acid groups (broad SMARTS) is 2. The van der Waals surface area contributed by atoms with E-state index in [1.165, 1.54) is 31.0 Å². The fourth-order valence-corrected chi connectivity index (χ4v) is 5.52. The van der Waals surface area contributed by atoms with E-state index in [1.54, 1.807) is 6.08 Å². The number of hydrogen-bond donors (Lipinski definition) is 4. The lowest BCUT2D eigenvalue weighted by atomic mass is 10.0. The van der Waals surface area contributed by atoms with Crippen LogP contribution in [0.5, 0.6) is 0 Å². The number of aromatic nitrogens is 2. The van der Waals surface area contributed by atoms with Gasteiger partial charge in [0.1, 0.15) is 22.8 Å². The Morgan fingerprint density at radius 2 is 2.03 bits per heavy atom. The van der Waals surface area contributed by atoms with Gasteiger partial charge in [-0.15, -0.1) is 23.1 Å². The van der Waals surface area contributed by atoms with Crippen LogP contribution in [0.15, 0.2) is 64.6 Å². The van der Waals surface area contributed by atoms with E-state index in [-0.39, 0.29) is 22.2 Å². The Kier molecular flexibility index (Phi) is 8.01. The van der Waals surface area contributed by atoms with Crippen LogP contribution in [0.4, 0.5) is 5.13 Å². The number of nitrogens with zero attached hydrogens (tertiary/aromatic N) is 4. The number of carboxylic acids is 2. The van der Waals surface area contributed by atoms with Crippen molar-refractivity contribution in [1.82, 2.24) is 15.2 Å². The summed E-state index contributed by atoms with van der Waals surface area (Å²) >= 11 is 2.34. The standard InChI is InChI=1S/C24H24N6O7S2/c1-24(2,22(35)36)37-28-15(14-12-39-23(25)26-14)18(31)27-16-19(32)30-17(21(33)34)13(11-38-20(16)30)7-6-10-29-8-4-3-5-9-29/h3-9,12,16,20H,10-11H2,1-2H3,(H4-,25,26,27,31,33,34,35,36)/p+1/b7-6?,28-15-/t16?,20-/m1/s1. The van der Waals surface area contributed by atoms with Gasteiger partial charge in [-0.2, -0.15) is 0 Å². The summed E-state index contributed by atoms with van der Waals surface area (Å²) in [6.45, 7) is 3.02. The van der Waals surface area contributed by atoms with E-state index in [0.717, 1.165) is 16.2 Å². The number of aliphatic carboxylic acids is 2. The van der Waals surface area contributed by atoms with Crippen molar-refractivity contribution >= 4 is 57.7 Å². The third-order valence-corrected chi connectivity index (χ3v) is 7.74. The molecule has 4 heterocycles. The first-order valence-electron chi connectivity index (χ1n) is 11.5. The maximum Gasteiger partial charge on any atom is 0.352 e. The number of nitrogens with one attached hydrogen (secondary N) is 1. The number of amides is 2. The molecule has 4 rings (SSSR count). The molecule has 0 aromatic carbocycles. The molecule has 2 amide bonds. The first-order valence-corrected chi connectivity index (χ1v) is 13.5. The summed E-state index contributed by atoms with van der Waals surface area (Å²) in [5, 5.41) is 26.4. The highest BCUT2D eigenvalue weighted by atomic mass is 32.2. The quantitative estimate of drug-likeness (QED) is 0.136. The molecule has 5 N–H and O–H groups in total. The average Bonchev–Trinajstić information content (AvgIpc) is 3.32. The maximum absolute atomic E-state index is 13.2. The number of nitrogen functional groups attached to an aromatic ring is 1. The number of allylic oxidation sites excluding steroid dienone is 2. The minimum absolute atomic E-state index is 0.0333. The van der Waals surface area contributed by atoms with Crippen molar-refractivity contribution in [3.05, 3.63) is 65.1 Å². The Bertz CT molecular complexity index is 1400. The lowest BCUT2D eigenvalue weighted by Gasteiger charge is -2.49. The molecule has 2 atom stereocenters. The Morgan fingerprint density at radius 1 is 1.31 bits per heavy atom. The van der Waals surface area contributed by atoms with Gasteiger partial charge in [-0.1, -0.05) is 17.3 Å². The van der Waals surface area contributed by atoms with E-state index >= 15 is 0 Å². The molecule has 39 heavy (non-hydrogen) atoms. The molecule has 2 aromatic heterocycles. The molecule has 1 unspecified atom stereocenters. The van der Waals surface area contributed by atoms with Crippen LogP contribution in [0, 0.1) is 0 Å². The van der Waals surface area contributed by atoms with Gasteiger partial charge in [0.2, 0.25) is 5.60 Å². The Balaban J connectivity index is 1.52. The SMILES string of the molecule is CC(C)(O/N=C(\C(=O)NC1C(=O)N2C(C(=O)O)=C(C=CC[n+]3ccccc3)CS[C@H]12)c1csc(N)n1)C(=O)O. The van der Waals surface area contributed by atoms with Crippen molar-refractivity contribution in [2.75, 3.05) is 11.5 Å². The topological polar surface area (TPSA) is 188 Å². The second-order valence-corrected chi connectivity index (χ2v) is 10.9. The normalized spacial score (nSPS) is 19.5. The second kappa shape index (κ2) is 11.2. The number of hydrogen-bond acceptors (Lipinski definition) is 10. The molecular formula is C24H25N6O7S2+. The number of thioether (sulfide) groups is 1. The number of fused-ring (bicyclic) bond motifs is 1. The van der Waals surface area contributed by atoms with E-state index in [0.29, 0.717) is 17.9 Å². The predicted molar refractivity (Wildman–Crippen MR) is 141 cm³/mol. The number of carbonyl (C=O) groups is 4. The molecule has 2 aromatic rings. The first-order chi connectivity index (χ1) is 18.5. The van der Waals surface area contributed by atoms with Crippen LogP contribution in [-0.2, 0) is 30.6 Å². The third-order valence-electron chi connectivity index (χ3n) is 5.76. The van der Waals surface area contributed by atoms with E-state index in [4.69, 9.17) is 10.6 Å². The number of rotatable bonds is 10. The molecule has 2 aliphatic heterocycles. The predicted octanol–water partition coefficient (Wildman–Crippen LogP) is 0.592. The van der Waals surface area contributed by atoms with Gasteiger partial charge in [0.05, 0.1) is 0 Å². The molecular weight excluding hydrogens is 548 g/mol. The fraction of sp³-hybridized carbons (Fsp3) is 0.292. The Morgan fingerprint density at radius 3 is 2.64 bits per heavy atom. The van der Waals surface area contributed by atoms with Gasteiger partial charge in [0.15, 0.2) is 29.8 Å². The summed E-state index contributed by atoms with van der Waals surface area (Å²) in [4.78, 5) is 59.9. The summed E-state index contributed by atoms with van der Waals surface area (Å²) in [7, 11) is 0. The Hall–Kier alpha value is -4.24. The summed E-state index contributed by atoms with van der Waals surface area (Å²) in [6, 6.07) is 4.60. The van der Waals surface area contributed by atoms with E-state index in [1.807, 2.05) is 41.2 Å². The molecule has 15 heteroatoms. The summed E-state index contributed by atoms with van der Waals surface area (Å²) in [5.41, 5.74) is 3.91. The molecule has 0 aliphatic carbocycles.